The molecule has 1 unspecified atom stereocenters. The first kappa shape index (κ1) is 13.4. The number of carbonyl (C=O) groups excluding carboxylic acids is 2. The Morgan fingerprint density at radius 3 is 2.24 bits per heavy atom. The standard InChI is InChI=1S/C14H19NO2/c1-9(2)10(3)15-14(17)13-7-5-6-12(8-13)11(4)16/h5-10H,1-4H3,(H,15,17). The van der Waals surface area contributed by atoms with E-state index in [-0.39, 0.29) is 17.7 Å². The molecule has 0 aliphatic heterocycles. The molecule has 0 aromatic heterocycles. The lowest BCUT2D eigenvalue weighted by Gasteiger charge is -2.17. The molecule has 1 N–H and O–H groups in total. The van der Waals surface area contributed by atoms with Gasteiger partial charge in [0.15, 0.2) is 5.78 Å². The van der Waals surface area contributed by atoms with Crippen LogP contribution in [-0.4, -0.2) is 17.7 Å². The Morgan fingerprint density at radius 2 is 1.71 bits per heavy atom. The van der Waals surface area contributed by atoms with Crippen LogP contribution in [0.1, 0.15) is 48.4 Å². The van der Waals surface area contributed by atoms with Gasteiger partial charge in [-0.15, -0.1) is 0 Å². The molecule has 0 aliphatic rings. The number of amides is 1. The molecule has 0 saturated carbocycles. The number of nitrogens with one attached hydrogen (secondary N) is 1. The first-order valence-corrected chi connectivity index (χ1v) is 5.83. The first-order chi connectivity index (χ1) is 7.91. The van der Waals surface area contributed by atoms with Crippen LogP contribution in [0.25, 0.3) is 0 Å². The zero-order valence-corrected chi connectivity index (χ0v) is 10.8. The van der Waals surface area contributed by atoms with Crippen LogP contribution in [0.2, 0.25) is 0 Å². The van der Waals surface area contributed by atoms with Gasteiger partial charge in [0.2, 0.25) is 0 Å². The quantitative estimate of drug-likeness (QED) is 0.813. The average molecular weight is 233 g/mol. The van der Waals surface area contributed by atoms with Gasteiger partial charge >= 0.3 is 0 Å². The van der Waals surface area contributed by atoms with Crippen LogP contribution in [0.4, 0.5) is 0 Å². The van der Waals surface area contributed by atoms with Gasteiger partial charge in [0, 0.05) is 17.2 Å². The number of hydrogen-bond acceptors (Lipinski definition) is 2. The lowest BCUT2D eigenvalue weighted by molar-refractivity contribution is 0.0930. The molecule has 1 aromatic rings. The third kappa shape index (κ3) is 3.70. The van der Waals surface area contributed by atoms with Crippen LogP contribution in [0.3, 0.4) is 0 Å². The molecule has 0 heterocycles. The Hall–Kier alpha value is -1.64. The predicted octanol–water partition coefficient (Wildman–Crippen LogP) is 2.66. The van der Waals surface area contributed by atoms with Gasteiger partial charge in [-0.2, -0.15) is 0 Å². The predicted molar refractivity (Wildman–Crippen MR) is 68.2 cm³/mol. The summed E-state index contributed by atoms with van der Waals surface area (Å²) in [6.07, 6.45) is 0. The fourth-order valence-electron chi connectivity index (χ4n) is 1.34. The van der Waals surface area contributed by atoms with Gasteiger partial charge < -0.3 is 5.32 Å². The minimum atomic E-state index is -0.130. The highest BCUT2D eigenvalue weighted by Crippen LogP contribution is 2.08. The van der Waals surface area contributed by atoms with Gasteiger partial charge in [-0.3, -0.25) is 9.59 Å². The van der Waals surface area contributed by atoms with E-state index in [2.05, 4.69) is 19.2 Å². The molecule has 17 heavy (non-hydrogen) atoms. The van der Waals surface area contributed by atoms with Crippen molar-refractivity contribution in [3.63, 3.8) is 0 Å². The number of rotatable bonds is 4. The van der Waals surface area contributed by atoms with E-state index in [1.165, 1.54) is 6.92 Å². The summed E-state index contributed by atoms with van der Waals surface area (Å²) < 4.78 is 0. The highest BCUT2D eigenvalue weighted by molar-refractivity contribution is 5.99. The summed E-state index contributed by atoms with van der Waals surface area (Å²) in [6.45, 7) is 7.57. The van der Waals surface area contributed by atoms with E-state index in [1.807, 2.05) is 6.92 Å². The Balaban J connectivity index is 2.82. The molecule has 1 rings (SSSR count). The fourth-order valence-corrected chi connectivity index (χ4v) is 1.34. The molecule has 1 atom stereocenters. The van der Waals surface area contributed by atoms with Crippen molar-refractivity contribution in [1.82, 2.24) is 5.32 Å². The maximum Gasteiger partial charge on any atom is 0.251 e. The largest absolute Gasteiger partial charge is 0.349 e. The molecule has 0 bridgehead atoms. The molecular weight excluding hydrogens is 214 g/mol. The summed E-state index contributed by atoms with van der Waals surface area (Å²) in [7, 11) is 0. The molecule has 0 saturated heterocycles. The van der Waals surface area contributed by atoms with Gasteiger partial charge in [0.1, 0.15) is 0 Å². The molecule has 3 nitrogen and oxygen atoms in total. The lowest BCUT2D eigenvalue weighted by atomic mass is 10.0. The van der Waals surface area contributed by atoms with E-state index < -0.39 is 0 Å². The number of benzene rings is 1. The van der Waals surface area contributed by atoms with Crippen molar-refractivity contribution in [1.29, 1.82) is 0 Å². The number of hydrogen-bond donors (Lipinski definition) is 1. The van der Waals surface area contributed by atoms with Crippen molar-refractivity contribution in [2.24, 2.45) is 5.92 Å². The maximum atomic E-state index is 11.9. The average Bonchev–Trinajstić information content (AvgIpc) is 2.28. The zero-order valence-electron chi connectivity index (χ0n) is 10.8. The SMILES string of the molecule is CC(=O)c1cccc(C(=O)NC(C)C(C)C)c1. The van der Waals surface area contributed by atoms with Gasteiger partial charge in [-0.25, -0.2) is 0 Å². The second-order valence-electron chi connectivity index (χ2n) is 4.64. The Morgan fingerprint density at radius 1 is 1.12 bits per heavy atom. The van der Waals surface area contributed by atoms with Gasteiger partial charge in [-0.05, 0) is 31.9 Å². The van der Waals surface area contributed by atoms with Crippen LogP contribution in [0, 0.1) is 5.92 Å². The fraction of sp³-hybridized carbons (Fsp3) is 0.429. The van der Waals surface area contributed by atoms with Crippen molar-refractivity contribution >= 4 is 11.7 Å². The Labute approximate surface area is 102 Å². The molecule has 0 aliphatic carbocycles. The Bertz CT molecular complexity index is 424. The van der Waals surface area contributed by atoms with Crippen LogP contribution in [-0.2, 0) is 0 Å². The molecule has 0 spiro atoms. The molecule has 3 heteroatoms. The second kappa shape index (κ2) is 5.62. The molecule has 0 radical (unpaired) electrons. The molecule has 1 amide bonds. The maximum absolute atomic E-state index is 11.9. The van der Waals surface area contributed by atoms with Crippen molar-refractivity contribution in [3.05, 3.63) is 35.4 Å². The molecular formula is C14H19NO2. The van der Waals surface area contributed by atoms with Gasteiger partial charge in [0.05, 0.1) is 0 Å². The van der Waals surface area contributed by atoms with E-state index >= 15 is 0 Å². The first-order valence-electron chi connectivity index (χ1n) is 5.83. The summed E-state index contributed by atoms with van der Waals surface area (Å²) in [5, 5.41) is 2.91. The van der Waals surface area contributed by atoms with Crippen LogP contribution in [0.5, 0.6) is 0 Å². The van der Waals surface area contributed by atoms with E-state index in [9.17, 15) is 9.59 Å². The van der Waals surface area contributed by atoms with Crippen LogP contribution < -0.4 is 5.32 Å². The summed E-state index contributed by atoms with van der Waals surface area (Å²) in [5.41, 5.74) is 1.10. The van der Waals surface area contributed by atoms with Crippen molar-refractivity contribution in [2.75, 3.05) is 0 Å². The summed E-state index contributed by atoms with van der Waals surface area (Å²) in [4.78, 5) is 23.1. The van der Waals surface area contributed by atoms with Crippen molar-refractivity contribution in [2.45, 2.75) is 33.7 Å². The molecule has 1 aromatic carbocycles. The second-order valence-corrected chi connectivity index (χ2v) is 4.64. The smallest absolute Gasteiger partial charge is 0.251 e. The van der Waals surface area contributed by atoms with Crippen LogP contribution in [0.15, 0.2) is 24.3 Å². The van der Waals surface area contributed by atoms with E-state index in [1.54, 1.807) is 24.3 Å². The minimum Gasteiger partial charge on any atom is -0.349 e. The number of ketones is 1. The summed E-state index contributed by atoms with van der Waals surface area (Å²) in [5.74, 6) is 0.223. The normalized spacial score (nSPS) is 12.3. The topological polar surface area (TPSA) is 46.2 Å². The van der Waals surface area contributed by atoms with Crippen molar-refractivity contribution < 1.29 is 9.59 Å². The van der Waals surface area contributed by atoms with Crippen LogP contribution >= 0.6 is 0 Å². The van der Waals surface area contributed by atoms with E-state index in [4.69, 9.17) is 0 Å². The highest BCUT2D eigenvalue weighted by atomic mass is 16.1. The lowest BCUT2D eigenvalue weighted by Crippen LogP contribution is -2.36. The minimum absolute atomic E-state index is 0.0310. The highest BCUT2D eigenvalue weighted by Gasteiger charge is 2.13. The van der Waals surface area contributed by atoms with Gasteiger partial charge in [-0.1, -0.05) is 26.0 Å². The van der Waals surface area contributed by atoms with Gasteiger partial charge in [0.25, 0.3) is 5.91 Å². The third-order valence-corrected chi connectivity index (χ3v) is 2.89. The third-order valence-electron chi connectivity index (χ3n) is 2.89. The van der Waals surface area contributed by atoms with Crippen molar-refractivity contribution in [3.8, 4) is 0 Å². The number of carbonyl (C=O) groups is 2. The monoisotopic (exact) mass is 233 g/mol. The Kier molecular flexibility index (Phi) is 4.44. The van der Waals surface area contributed by atoms with E-state index in [0.29, 0.717) is 17.0 Å². The summed E-state index contributed by atoms with van der Waals surface area (Å²) >= 11 is 0. The number of Topliss-reactive ketones (excluding diaryl/α,β-unsaturated/α-hetero) is 1. The summed E-state index contributed by atoms with van der Waals surface area (Å²) in [6, 6.07) is 6.90. The van der Waals surface area contributed by atoms with E-state index in [0.717, 1.165) is 0 Å². The zero-order chi connectivity index (χ0) is 13.0. The molecule has 0 fully saturated rings. The molecule has 92 valence electrons.